The maximum absolute atomic E-state index is 11.9. The lowest BCUT2D eigenvalue weighted by Crippen LogP contribution is -2.28. The van der Waals surface area contributed by atoms with Crippen molar-refractivity contribution in [3.8, 4) is 0 Å². The van der Waals surface area contributed by atoms with Crippen LogP contribution in [0.3, 0.4) is 0 Å². The Kier molecular flexibility index (Phi) is 2.51. The predicted octanol–water partition coefficient (Wildman–Crippen LogP) is 0.761. The van der Waals surface area contributed by atoms with Crippen molar-refractivity contribution in [3.05, 3.63) is 17.9 Å². The van der Waals surface area contributed by atoms with Crippen molar-refractivity contribution in [1.29, 1.82) is 0 Å². The van der Waals surface area contributed by atoms with E-state index in [-0.39, 0.29) is 16.9 Å². The SMILES string of the molecule is CN(C1CC1)S(=O)(=O)c1ccc(C(=O)O)o1. The molecule has 0 amide bonds. The number of nitrogens with zero attached hydrogens (tertiary/aromatic N) is 1. The van der Waals surface area contributed by atoms with Crippen LogP contribution in [0.4, 0.5) is 0 Å². The van der Waals surface area contributed by atoms with Crippen LogP contribution in [-0.4, -0.2) is 36.9 Å². The minimum absolute atomic E-state index is 0.0170. The quantitative estimate of drug-likeness (QED) is 0.846. The number of sulfonamides is 1. The fourth-order valence-electron chi connectivity index (χ4n) is 1.35. The van der Waals surface area contributed by atoms with E-state index in [1.807, 2.05) is 0 Å². The third-order valence-corrected chi connectivity index (χ3v) is 4.27. The van der Waals surface area contributed by atoms with Gasteiger partial charge in [0.2, 0.25) is 10.9 Å². The van der Waals surface area contributed by atoms with Gasteiger partial charge in [0.15, 0.2) is 0 Å². The molecule has 0 aromatic carbocycles. The molecule has 1 N–H and O–H groups in total. The van der Waals surface area contributed by atoms with Crippen molar-refractivity contribution < 1.29 is 22.7 Å². The molecular formula is C9H11NO5S. The predicted molar refractivity (Wildman–Crippen MR) is 53.6 cm³/mol. The van der Waals surface area contributed by atoms with E-state index < -0.39 is 16.0 Å². The van der Waals surface area contributed by atoms with Gasteiger partial charge >= 0.3 is 5.97 Å². The molecule has 2 rings (SSSR count). The van der Waals surface area contributed by atoms with Gasteiger partial charge in [-0.05, 0) is 25.0 Å². The van der Waals surface area contributed by atoms with Gasteiger partial charge in [0, 0.05) is 13.1 Å². The van der Waals surface area contributed by atoms with Crippen molar-refractivity contribution in [1.82, 2.24) is 4.31 Å². The number of carbonyl (C=O) groups is 1. The van der Waals surface area contributed by atoms with Gasteiger partial charge in [0.05, 0.1) is 0 Å². The molecule has 6 nitrogen and oxygen atoms in total. The maximum atomic E-state index is 11.9. The van der Waals surface area contributed by atoms with Gasteiger partial charge in [-0.15, -0.1) is 0 Å². The first-order chi connectivity index (χ1) is 7.43. The summed E-state index contributed by atoms with van der Waals surface area (Å²) in [6.45, 7) is 0. The number of carboxylic acid groups (broad SMARTS) is 1. The topological polar surface area (TPSA) is 87.8 Å². The third-order valence-electron chi connectivity index (χ3n) is 2.49. The highest BCUT2D eigenvalue weighted by Crippen LogP contribution is 2.30. The molecule has 1 aliphatic rings. The average molecular weight is 245 g/mol. The minimum atomic E-state index is -3.69. The van der Waals surface area contributed by atoms with E-state index in [0.29, 0.717) is 0 Å². The average Bonchev–Trinajstić information content (AvgIpc) is 2.92. The van der Waals surface area contributed by atoms with Gasteiger partial charge in [-0.2, -0.15) is 4.31 Å². The van der Waals surface area contributed by atoms with Crippen LogP contribution in [0.25, 0.3) is 0 Å². The van der Waals surface area contributed by atoms with Crippen LogP contribution in [0.2, 0.25) is 0 Å². The third kappa shape index (κ3) is 1.83. The van der Waals surface area contributed by atoms with Gasteiger partial charge in [-0.3, -0.25) is 0 Å². The Labute approximate surface area is 92.5 Å². The highest BCUT2D eigenvalue weighted by atomic mass is 32.2. The van der Waals surface area contributed by atoms with Crippen LogP contribution < -0.4 is 0 Å². The molecule has 0 aliphatic heterocycles. The second-order valence-corrected chi connectivity index (χ2v) is 5.60. The Bertz CT molecular complexity index is 514. The molecule has 1 saturated carbocycles. The monoisotopic (exact) mass is 245 g/mol. The van der Waals surface area contributed by atoms with Crippen LogP contribution in [0, 0.1) is 0 Å². The zero-order chi connectivity index (χ0) is 11.9. The first kappa shape index (κ1) is 11.2. The fraction of sp³-hybridized carbons (Fsp3) is 0.444. The number of hydrogen-bond donors (Lipinski definition) is 1. The van der Waals surface area contributed by atoms with E-state index in [2.05, 4.69) is 0 Å². The number of rotatable bonds is 4. The van der Waals surface area contributed by atoms with Gasteiger partial charge in [-0.25, -0.2) is 13.2 Å². The zero-order valence-corrected chi connectivity index (χ0v) is 9.40. The Morgan fingerprint density at radius 2 is 2.12 bits per heavy atom. The number of furan rings is 1. The van der Waals surface area contributed by atoms with E-state index in [1.165, 1.54) is 11.4 Å². The molecule has 16 heavy (non-hydrogen) atoms. The van der Waals surface area contributed by atoms with Gasteiger partial charge < -0.3 is 9.52 Å². The summed E-state index contributed by atoms with van der Waals surface area (Å²) in [6, 6.07) is 2.32. The highest BCUT2D eigenvalue weighted by molar-refractivity contribution is 7.89. The Hall–Kier alpha value is -1.34. The van der Waals surface area contributed by atoms with Gasteiger partial charge in [0.1, 0.15) is 0 Å². The van der Waals surface area contributed by atoms with Gasteiger partial charge in [-0.1, -0.05) is 0 Å². The largest absolute Gasteiger partial charge is 0.475 e. The summed E-state index contributed by atoms with van der Waals surface area (Å²) in [5.74, 6) is -1.65. The molecule has 1 aliphatic carbocycles. The molecule has 1 fully saturated rings. The summed E-state index contributed by atoms with van der Waals surface area (Å²) in [5.41, 5.74) is 0. The van der Waals surface area contributed by atoms with Crippen molar-refractivity contribution in [2.24, 2.45) is 0 Å². The molecule has 1 heterocycles. The minimum Gasteiger partial charge on any atom is -0.475 e. The summed E-state index contributed by atoms with van der Waals surface area (Å²) >= 11 is 0. The molecule has 0 atom stereocenters. The number of aromatic carboxylic acids is 1. The molecule has 88 valence electrons. The van der Waals surface area contributed by atoms with E-state index >= 15 is 0 Å². The lowest BCUT2D eigenvalue weighted by molar-refractivity contribution is 0.0656. The summed E-state index contributed by atoms with van der Waals surface area (Å²) < 4.78 is 29.8. The van der Waals surface area contributed by atoms with Gasteiger partial charge in [0.25, 0.3) is 10.0 Å². The normalized spacial score (nSPS) is 16.6. The van der Waals surface area contributed by atoms with Crippen LogP contribution in [0.1, 0.15) is 23.4 Å². The maximum Gasteiger partial charge on any atom is 0.371 e. The second kappa shape index (κ2) is 3.60. The van der Waals surface area contributed by atoms with E-state index in [1.54, 1.807) is 0 Å². The molecule has 0 unspecified atom stereocenters. The molecule has 1 aromatic rings. The Morgan fingerprint density at radius 3 is 2.56 bits per heavy atom. The first-order valence-corrected chi connectivity index (χ1v) is 6.18. The van der Waals surface area contributed by atoms with Crippen molar-refractivity contribution in [2.45, 2.75) is 24.0 Å². The molecule has 1 aromatic heterocycles. The summed E-state index contributed by atoms with van der Waals surface area (Å²) in [4.78, 5) is 10.6. The Balaban J connectivity index is 2.31. The van der Waals surface area contributed by atoms with E-state index in [4.69, 9.17) is 9.52 Å². The molecule has 0 spiro atoms. The van der Waals surface area contributed by atoms with Crippen LogP contribution in [0.15, 0.2) is 21.6 Å². The molecule has 0 radical (unpaired) electrons. The van der Waals surface area contributed by atoms with Crippen LogP contribution >= 0.6 is 0 Å². The van der Waals surface area contributed by atoms with Crippen LogP contribution in [-0.2, 0) is 10.0 Å². The van der Waals surface area contributed by atoms with Crippen molar-refractivity contribution in [2.75, 3.05) is 7.05 Å². The lowest BCUT2D eigenvalue weighted by atomic mass is 10.5. The number of carboxylic acids is 1. The first-order valence-electron chi connectivity index (χ1n) is 4.74. The summed E-state index contributed by atoms with van der Waals surface area (Å²) in [7, 11) is -2.22. The number of hydrogen-bond acceptors (Lipinski definition) is 4. The Morgan fingerprint density at radius 1 is 1.50 bits per heavy atom. The van der Waals surface area contributed by atoms with E-state index in [0.717, 1.165) is 25.0 Å². The molecule has 0 bridgehead atoms. The summed E-state index contributed by atoms with van der Waals surface area (Å²) in [5, 5.41) is 8.30. The zero-order valence-electron chi connectivity index (χ0n) is 8.58. The molecule has 0 saturated heterocycles. The fourth-order valence-corrected chi connectivity index (χ4v) is 2.67. The molecular weight excluding hydrogens is 234 g/mol. The molecule has 7 heteroatoms. The second-order valence-electron chi connectivity index (χ2n) is 3.68. The van der Waals surface area contributed by atoms with Crippen molar-refractivity contribution >= 4 is 16.0 Å². The smallest absolute Gasteiger partial charge is 0.371 e. The standard InChI is InChI=1S/C9H11NO5S/c1-10(6-2-3-6)16(13,14)8-5-4-7(15-8)9(11)12/h4-6H,2-3H2,1H3,(H,11,12). The lowest BCUT2D eigenvalue weighted by Gasteiger charge is -2.13. The highest BCUT2D eigenvalue weighted by Gasteiger charge is 2.36. The van der Waals surface area contributed by atoms with Crippen LogP contribution in [0.5, 0.6) is 0 Å². The van der Waals surface area contributed by atoms with E-state index in [9.17, 15) is 13.2 Å². The van der Waals surface area contributed by atoms with Crippen molar-refractivity contribution in [3.63, 3.8) is 0 Å². The summed E-state index contributed by atoms with van der Waals surface area (Å²) in [6.07, 6.45) is 1.67.